The maximum atomic E-state index is 12.9. The van der Waals surface area contributed by atoms with Gasteiger partial charge in [0.25, 0.3) is 5.56 Å². The Bertz CT molecular complexity index is 916. The molecule has 4 nitrogen and oxygen atoms in total. The molecule has 1 aliphatic heterocycles. The molecular weight excluding hydrogens is 296 g/mol. The number of benzene rings is 1. The number of pyridine rings is 2. The summed E-state index contributed by atoms with van der Waals surface area (Å²) < 4.78 is 6.90. The van der Waals surface area contributed by atoms with E-state index in [9.17, 15) is 4.79 Å². The van der Waals surface area contributed by atoms with Gasteiger partial charge in [-0.05, 0) is 42.8 Å². The first-order valence-corrected chi connectivity index (χ1v) is 8.08. The molecule has 0 saturated heterocycles. The monoisotopic (exact) mass is 310 g/mol. The summed E-state index contributed by atoms with van der Waals surface area (Å²) in [7, 11) is 1.63. The minimum Gasteiger partial charge on any atom is -0.497 e. The molecule has 4 rings (SSSR count). The lowest BCUT2D eigenvalue weighted by Crippen LogP contribution is -2.23. The van der Waals surface area contributed by atoms with E-state index in [1.807, 2.05) is 36.4 Å². The van der Waals surface area contributed by atoms with Crippen LogP contribution in [0.25, 0.3) is 16.7 Å². The van der Waals surface area contributed by atoms with E-state index in [0.717, 1.165) is 39.5 Å². The number of methoxy groups -OCH3 is 1. The van der Waals surface area contributed by atoms with Crippen molar-refractivity contribution in [2.75, 3.05) is 12.9 Å². The van der Waals surface area contributed by atoms with Crippen LogP contribution in [0.15, 0.2) is 52.3 Å². The summed E-state index contributed by atoms with van der Waals surface area (Å²) in [4.78, 5) is 18.5. The Kier molecular flexibility index (Phi) is 3.15. The summed E-state index contributed by atoms with van der Waals surface area (Å²) in [6.45, 7) is 0. The normalized spacial score (nSPS) is 13.3. The molecule has 2 aromatic heterocycles. The zero-order chi connectivity index (χ0) is 15.1. The topological polar surface area (TPSA) is 44.1 Å². The highest BCUT2D eigenvalue weighted by Crippen LogP contribution is 2.35. The summed E-state index contributed by atoms with van der Waals surface area (Å²) in [6.07, 6.45) is 2.55. The van der Waals surface area contributed by atoms with Gasteiger partial charge in [-0.15, -0.1) is 11.8 Å². The number of hydrogen-bond acceptors (Lipinski definition) is 4. The van der Waals surface area contributed by atoms with E-state index in [2.05, 4.69) is 4.98 Å². The van der Waals surface area contributed by atoms with Gasteiger partial charge in [-0.1, -0.05) is 0 Å². The third-order valence-corrected chi connectivity index (χ3v) is 5.07. The summed E-state index contributed by atoms with van der Waals surface area (Å²) in [5.41, 5.74) is 2.47. The molecule has 0 unspecified atom stereocenters. The molecule has 0 atom stereocenters. The Morgan fingerprint density at radius 1 is 1.23 bits per heavy atom. The van der Waals surface area contributed by atoms with Crippen LogP contribution in [0.5, 0.6) is 5.75 Å². The van der Waals surface area contributed by atoms with Gasteiger partial charge in [0, 0.05) is 27.8 Å². The van der Waals surface area contributed by atoms with Gasteiger partial charge >= 0.3 is 0 Å². The number of fused-ring (bicyclic) bond motifs is 3. The van der Waals surface area contributed by atoms with Crippen LogP contribution in [0.1, 0.15) is 5.56 Å². The standard InChI is InChI=1S/C17H14N2O2S/c1-21-12-6-4-11(5-7-12)19-16-13(3-2-9-18-16)15-14(17(19)20)8-10-22-15/h2-7,9H,8,10H2,1H3. The van der Waals surface area contributed by atoms with E-state index in [0.29, 0.717) is 5.65 Å². The van der Waals surface area contributed by atoms with Crippen molar-refractivity contribution in [1.29, 1.82) is 0 Å². The van der Waals surface area contributed by atoms with Crippen molar-refractivity contribution < 1.29 is 4.74 Å². The fraction of sp³-hybridized carbons (Fsp3) is 0.176. The highest BCUT2D eigenvalue weighted by molar-refractivity contribution is 7.99. The SMILES string of the molecule is COc1ccc(-n2c(=O)c3c(c4cccnc42)SCC3)cc1. The van der Waals surface area contributed by atoms with Crippen molar-refractivity contribution in [1.82, 2.24) is 9.55 Å². The van der Waals surface area contributed by atoms with Crippen molar-refractivity contribution in [3.8, 4) is 11.4 Å². The Hall–Kier alpha value is -2.27. The summed E-state index contributed by atoms with van der Waals surface area (Å²) in [6, 6.07) is 11.5. The molecule has 110 valence electrons. The fourth-order valence-corrected chi connectivity index (χ4v) is 4.04. The molecule has 3 heterocycles. The van der Waals surface area contributed by atoms with Crippen LogP contribution in [0.4, 0.5) is 0 Å². The average molecular weight is 310 g/mol. The van der Waals surface area contributed by atoms with Crippen molar-refractivity contribution in [2.24, 2.45) is 0 Å². The van der Waals surface area contributed by atoms with E-state index >= 15 is 0 Å². The second kappa shape index (κ2) is 5.18. The van der Waals surface area contributed by atoms with E-state index < -0.39 is 0 Å². The zero-order valence-corrected chi connectivity index (χ0v) is 12.9. The third-order valence-electron chi connectivity index (χ3n) is 3.91. The molecule has 22 heavy (non-hydrogen) atoms. The zero-order valence-electron chi connectivity index (χ0n) is 12.1. The van der Waals surface area contributed by atoms with Crippen LogP contribution in [0.2, 0.25) is 0 Å². The summed E-state index contributed by atoms with van der Waals surface area (Å²) in [5.74, 6) is 1.73. The molecule has 0 aliphatic carbocycles. The molecular formula is C17H14N2O2S. The second-order valence-corrected chi connectivity index (χ2v) is 6.22. The van der Waals surface area contributed by atoms with Crippen LogP contribution in [0.3, 0.4) is 0 Å². The lowest BCUT2D eigenvalue weighted by molar-refractivity contribution is 0.414. The van der Waals surface area contributed by atoms with Crippen molar-refractivity contribution >= 4 is 22.8 Å². The van der Waals surface area contributed by atoms with Crippen LogP contribution in [0, 0.1) is 0 Å². The number of rotatable bonds is 2. The molecule has 0 N–H and O–H groups in total. The van der Waals surface area contributed by atoms with Crippen LogP contribution >= 0.6 is 11.8 Å². The van der Waals surface area contributed by atoms with Gasteiger partial charge in [0.1, 0.15) is 11.4 Å². The lowest BCUT2D eigenvalue weighted by atomic mass is 10.1. The van der Waals surface area contributed by atoms with Crippen molar-refractivity contribution in [2.45, 2.75) is 11.3 Å². The highest BCUT2D eigenvalue weighted by Gasteiger charge is 2.22. The summed E-state index contributed by atoms with van der Waals surface area (Å²) in [5, 5.41) is 1.05. The lowest BCUT2D eigenvalue weighted by Gasteiger charge is -2.13. The molecule has 0 spiro atoms. The van der Waals surface area contributed by atoms with E-state index in [-0.39, 0.29) is 5.56 Å². The Morgan fingerprint density at radius 3 is 2.82 bits per heavy atom. The minimum absolute atomic E-state index is 0.0383. The number of nitrogens with zero attached hydrogens (tertiary/aromatic N) is 2. The van der Waals surface area contributed by atoms with Crippen LogP contribution in [-0.2, 0) is 6.42 Å². The number of aromatic nitrogens is 2. The van der Waals surface area contributed by atoms with Crippen molar-refractivity contribution in [3.05, 3.63) is 58.5 Å². The van der Waals surface area contributed by atoms with Gasteiger partial charge < -0.3 is 4.74 Å². The second-order valence-electron chi connectivity index (χ2n) is 5.12. The van der Waals surface area contributed by atoms with E-state index in [4.69, 9.17) is 4.74 Å². The van der Waals surface area contributed by atoms with Crippen molar-refractivity contribution in [3.63, 3.8) is 0 Å². The molecule has 5 heteroatoms. The maximum Gasteiger partial charge on any atom is 0.261 e. The quantitative estimate of drug-likeness (QED) is 0.730. The first-order chi connectivity index (χ1) is 10.8. The first-order valence-electron chi connectivity index (χ1n) is 7.09. The largest absolute Gasteiger partial charge is 0.497 e. The number of ether oxygens (including phenoxy) is 1. The number of hydrogen-bond donors (Lipinski definition) is 0. The first kappa shape index (κ1) is 13.4. The van der Waals surface area contributed by atoms with Crippen LogP contribution < -0.4 is 10.3 Å². The third kappa shape index (κ3) is 1.93. The molecule has 1 aromatic carbocycles. The van der Waals surface area contributed by atoms with Gasteiger partial charge in [-0.25, -0.2) is 4.98 Å². The maximum absolute atomic E-state index is 12.9. The number of thioether (sulfide) groups is 1. The molecule has 0 bridgehead atoms. The van der Waals surface area contributed by atoms with E-state index in [1.165, 1.54) is 0 Å². The van der Waals surface area contributed by atoms with E-state index in [1.54, 1.807) is 29.6 Å². The molecule has 0 amide bonds. The molecule has 1 aliphatic rings. The van der Waals surface area contributed by atoms with Gasteiger partial charge in [0.05, 0.1) is 12.8 Å². The minimum atomic E-state index is 0.0383. The van der Waals surface area contributed by atoms with Gasteiger partial charge in [0.15, 0.2) is 0 Å². The Morgan fingerprint density at radius 2 is 2.05 bits per heavy atom. The smallest absolute Gasteiger partial charge is 0.261 e. The molecule has 0 saturated carbocycles. The molecule has 3 aromatic rings. The highest BCUT2D eigenvalue weighted by atomic mass is 32.2. The average Bonchev–Trinajstić information content (AvgIpc) is 3.06. The van der Waals surface area contributed by atoms with Gasteiger partial charge in [-0.2, -0.15) is 0 Å². The predicted octanol–water partition coefficient (Wildman–Crippen LogP) is 3.04. The summed E-state index contributed by atoms with van der Waals surface area (Å²) >= 11 is 1.75. The van der Waals surface area contributed by atoms with Gasteiger partial charge in [-0.3, -0.25) is 9.36 Å². The predicted molar refractivity (Wildman–Crippen MR) is 88.3 cm³/mol. The molecule has 0 radical (unpaired) electrons. The van der Waals surface area contributed by atoms with Gasteiger partial charge in [0.2, 0.25) is 0 Å². The Balaban J connectivity index is 2.06. The fourth-order valence-electron chi connectivity index (χ4n) is 2.85. The Labute approximate surface area is 131 Å². The van der Waals surface area contributed by atoms with Crippen LogP contribution in [-0.4, -0.2) is 22.4 Å². The molecule has 0 fully saturated rings.